The van der Waals surface area contributed by atoms with Crippen molar-refractivity contribution in [2.75, 3.05) is 31.1 Å². The fourth-order valence-corrected chi connectivity index (χ4v) is 4.48. The van der Waals surface area contributed by atoms with Gasteiger partial charge in [0.1, 0.15) is 17.5 Å². The van der Waals surface area contributed by atoms with Gasteiger partial charge in [0.05, 0.1) is 0 Å². The molecule has 3 fully saturated rings. The van der Waals surface area contributed by atoms with Crippen molar-refractivity contribution in [1.29, 1.82) is 0 Å². The molecule has 3 aliphatic rings. The highest BCUT2D eigenvalue weighted by Crippen LogP contribution is 2.40. The van der Waals surface area contributed by atoms with Gasteiger partial charge in [-0.1, -0.05) is 24.6 Å². The molecule has 0 N–H and O–H groups in total. The summed E-state index contributed by atoms with van der Waals surface area (Å²) < 4.78 is 14.4. The Morgan fingerprint density at radius 2 is 1.80 bits per heavy atom. The van der Waals surface area contributed by atoms with E-state index >= 15 is 0 Å². The molecule has 5 rings (SSSR count). The topological polar surface area (TPSA) is 49.3 Å². The Morgan fingerprint density at radius 3 is 2.43 bits per heavy atom. The number of carbonyl (C=O) groups is 1. The van der Waals surface area contributed by atoms with Gasteiger partial charge in [-0.2, -0.15) is 0 Å². The highest BCUT2D eigenvalue weighted by molar-refractivity contribution is 5.80. The summed E-state index contributed by atoms with van der Waals surface area (Å²) in [7, 11) is 0. The largest absolute Gasteiger partial charge is 0.353 e. The molecule has 2 heterocycles. The van der Waals surface area contributed by atoms with Crippen LogP contribution in [0, 0.1) is 18.7 Å². The lowest BCUT2D eigenvalue weighted by atomic mass is 9.84. The summed E-state index contributed by atoms with van der Waals surface area (Å²) in [5.41, 5.74) is 2.62. The average molecular weight is 409 g/mol. The molecule has 5 nitrogen and oxygen atoms in total. The van der Waals surface area contributed by atoms with Crippen LogP contribution in [0.1, 0.15) is 60.7 Å². The molecule has 6 heteroatoms. The number of hydrogen-bond acceptors (Lipinski definition) is 4. The predicted molar refractivity (Wildman–Crippen MR) is 114 cm³/mol. The van der Waals surface area contributed by atoms with E-state index < -0.39 is 0 Å². The van der Waals surface area contributed by atoms with Crippen LogP contribution in [0.5, 0.6) is 0 Å². The Balaban J connectivity index is 1.40. The highest BCUT2D eigenvalue weighted by atomic mass is 19.1. The van der Waals surface area contributed by atoms with Crippen molar-refractivity contribution in [3.05, 3.63) is 52.7 Å². The van der Waals surface area contributed by atoms with E-state index in [1.54, 1.807) is 6.07 Å². The van der Waals surface area contributed by atoms with Gasteiger partial charge >= 0.3 is 0 Å². The molecule has 0 bridgehead atoms. The summed E-state index contributed by atoms with van der Waals surface area (Å²) in [6.07, 6.45) is 6.05. The molecule has 0 radical (unpaired) electrons. The first kappa shape index (κ1) is 19.5. The molecule has 2 aromatic rings. The van der Waals surface area contributed by atoms with Gasteiger partial charge in [-0.25, -0.2) is 14.4 Å². The zero-order valence-electron chi connectivity index (χ0n) is 17.6. The number of amides is 1. The zero-order valence-corrected chi connectivity index (χ0v) is 17.6. The Hall–Kier alpha value is -2.50. The van der Waals surface area contributed by atoms with Crippen molar-refractivity contribution in [2.24, 2.45) is 5.92 Å². The van der Waals surface area contributed by atoms with E-state index in [0.717, 1.165) is 74.8 Å². The summed E-state index contributed by atoms with van der Waals surface area (Å²) in [6, 6.07) is 6.94. The number of aromatic nitrogens is 2. The molecule has 1 aromatic heterocycles. The lowest BCUT2D eigenvalue weighted by Gasteiger charge is -2.39. The van der Waals surface area contributed by atoms with Crippen molar-refractivity contribution in [2.45, 2.75) is 51.4 Å². The summed E-state index contributed by atoms with van der Waals surface area (Å²) in [4.78, 5) is 26.7. The van der Waals surface area contributed by atoms with E-state index in [0.29, 0.717) is 23.8 Å². The van der Waals surface area contributed by atoms with E-state index in [1.165, 1.54) is 12.5 Å². The van der Waals surface area contributed by atoms with Gasteiger partial charge in [-0.05, 0) is 44.2 Å². The fraction of sp³-hybridized carbons (Fsp3) is 0.542. The third kappa shape index (κ3) is 3.80. The van der Waals surface area contributed by atoms with Crippen molar-refractivity contribution in [3.8, 4) is 0 Å². The van der Waals surface area contributed by atoms with Gasteiger partial charge < -0.3 is 9.80 Å². The Kier molecular flexibility index (Phi) is 5.17. The minimum absolute atomic E-state index is 0.190. The number of piperazine rings is 1. The van der Waals surface area contributed by atoms with Crippen molar-refractivity contribution >= 4 is 11.7 Å². The molecule has 0 atom stereocenters. The monoisotopic (exact) mass is 408 g/mol. The van der Waals surface area contributed by atoms with E-state index in [9.17, 15) is 9.18 Å². The lowest BCUT2D eigenvalue weighted by Crippen LogP contribution is -2.51. The smallest absolute Gasteiger partial charge is 0.225 e. The Morgan fingerprint density at radius 1 is 1.07 bits per heavy atom. The highest BCUT2D eigenvalue weighted by Gasteiger charge is 2.33. The normalized spacial score (nSPS) is 19.7. The second kappa shape index (κ2) is 7.97. The summed E-state index contributed by atoms with van der Waals surface area (Å²) in [5, 5.41) is 0. The van der Waals surface area contributed by atoms with Crippen molar-refractivity contribution in [1.82, 2.24) is 14.9 Å². The molecular formula is C24H29FN4O. The molecule has 1 amide bonds. The maximum absolute atomic E-state index is 14.4. The first-order chi connectivity index (χ1) is 14.6. The van der Waals surface area contributed by atoms with Gasteiger partial charge in [-0.15, -0.1) is 0 Å². The van der Waals surface area contributed by atoms with Gasteiger partial charge in [0.15, 0.2) is 0 Å². The fourth-order valence-electron chi connectivity index (χ4n) is 4.48. The van der Waals surface area contributed by atoms with Crippen LogP contribution >= 0.6 is 0 Å². The number of anilines is 1. The number of halogens is 1. The Bertz CT molecular complexity index is 946. The summed E-state index contributed by atoms with van der Waals surface area (Å²) in [5.74, 6) is 2.70. The van der Waals surface area contributed by atoms with Gasteiger partial charge in [0.2, 0.25) is 5.91 Å². The van der Waals surface area contributed by atoms with Gasteiger partial charge in [0, 0.05) is 55.7 Å². The van der Waals surface area contributed by atoms with E-state index in [1.807, 2.05) is 24.0 Å². The van der Waals surface area contributed by atoms with Crippen molar-refractivity contribution in [3.63, 3.8) is 0 Å². The summed E-state index contributed by atoms with van der Waals surface area (Å²) in [6.45, 7) is 5.02. The minimum Gasteiger partial charge on any atom is -0.353 e. The molecule has 2 saturated carbocycles. The van der Waals surface area contributed by atoms with Crippen LogP contribution in [-0.4, -0.2) is 47.0 Å². The standard InChI is InChI=1S/C24H29FN4O/c1-16-20(15-19-5-2-3-8-21(19)25)23(27-22(26-16)17-9-10-17)28-11-13-29(14-12-28)24(30)18-6-4-7-18/h2-3,5,8,17-18H,4,6-7,9-15H2,1H3. The van der Waals surface area contributed by atoms with Gasteiger partial charge in [0.25, 0.3) is 0 Å². The number of hydrogen-bond donors (Lipinski definition) is 0. The third-order valence-corrected chi connectivity index (χ3v) is 6.82. The Labute approximate surface area is 177 Å². The van der Waals surface area contributed by atoms with Crippen LogP contribution in [0.4, 0.5) is 10.2 Å². The van der Waals surface area contributed by atoms with E-state index in [-0.39, 0.29) is 11.7 Å². The minimum atomic E-state index is -0.190. The second-order valence-corrected chi connectivity index (χ2v) is 8.95. The molecule has 1 aliphatic heterocycles. The number of benzene rings is 1. The number of nitrogens with zero attached hydrogens (tertiary/aromatic N) is 4. The van der Waals surface area contributed by atoms with Crippen LogP contribution in [0.3, 0.4) is 0 Å². The van der Waals surface area contributed by atoms with Crippen LogP contribution < -0.4 is 4.90 Å². The number of rotatable bonds is 5. The summed E-state index contributed by atoms with van der Waals surface area (Å²) >= 11 is 0. The van der Waals surface area contributed by atoms with Crippen LogP contribution in [0.2, 0.25) is 0 Å². The average Bonchev–Trinajstić information content (AvgIpc) is 3.55. The van der Waals surface area contributed by atoms with Gasteiger partial charge in [-0.3, -0.25) is 4.79 Å². The third-order valence-electron chi connectivity index (χ3n) is 6.82. The predicted octanol–water partition coefficient (Wildman–Crippen LogP) is 3.84. The number of aryl methyl sites for hydroxylation is 1. The quantitative estimate of drug-likeness (QED) is 0.754. The lowest BCUT2D eigenvalue weighted by molar-refractivity contribution is -0.138. The van der Waals surface area contributed by atoms with Crippen LogP contribution in [0.15, 0.2) is 24.3 Å². The van der Waals surface area contributed by atoms with Crippen LogP contribution in [-0.2, 0) is 11.2 Å². The van der Waals surface area contributed by atoms with Crippen LogP contribution in [0.25, 0.3) is 0 Å². The first-order valence-electron chi connectivity index (χ1n) is 11.2. The zero-order chi connectivity index (χ0) is 20.7. The van der Waals surface area contributed by atoms with E-state index in [4.69, 9.17) is 9.97 Å². The maximum atomic E-state index is 14.4. The molecule has 0 spiro atoms. The maximum Gasteiger partial charge on any atom is 0.225 e. The SMILES string of the molecule is Cc1nc(C2CC2)nc(N2CCN(C(=O)C3CCC3)CC2)c1Cc1ccccc1F. The van der Waals surface area contributed by atoms with E-state index in [2.05, 4.69) is 4.90 Å². The molecule has 2 aliphatic carbocycles. The van der Waals surface area contributed by atoms with Crippen molar-refractivity contribution < 1.29 is 9.18 Å². The second-order valence-electron chi connectivity index (χ2n) is 8.95. The molecule has 0 unspecified atom stereocenters. The number of carbonyl (C=O) groups excluding carboxylic acids is 1. The molecule has 1 aromatic carbocycles. The molecular weight excluding hydrogens is 379 g/mol. The molecule has 1 saturated heterocycles. The molecule has 158 valence electrons. The molecule has 30 heavy (non-hydrogen) atoms. The first-order valence-corrected chi connectivity index (χ1v) is 11.2.